The van der Waals surface area contributed by atoms with Crippen LogP contribution in [0.25, 0.3) is 0 Å². The Morgan fingerprint density at radius 1 is 1.38 bits per heavy atom. The number of hydrogen-bond acceptors (Lipinski definition) is 7. The molecule has 0 saturated heterocycles. The molecule has 3 aromatic rings. The SMILES string of the molecule is CC(C(=O)NCc1cnn2c1CN(c1nnnn1C)CC2)n1ccnc1. The van der Waals surface area contributed by atoms with E-state index in [0.29, 0.717) is 13.1 Å². The van der Waals surface area contributed by atoms with E-state index in [4.69, 9.17) is 0 Å². The minimum atomic E-state index is -0.315. The molecule has 0 fully saturated rings. The summed E-state index contributed by atoms with van der Waals surface area (Å²) in [6, 6.07) is -0.315. The molecule has 0 radical (unpaired) electrons. The fraction of sp³-hybridized carbons (Fsp3) is 0.467. The average Bonchev–Trinajstić information content (AvgIpc) is 3.39. The highest BCUT2D eigenvalue weighted by Gasteiger charge is 2.24. The first kappa shape index (κ1) is 16.2. The van der Waals surface area contributed by atoms with Crippen molar-refractivity contribution in [2.75, 3.05) is 11.4 Å². The largest absolute Gasteiger partial charge is 0.350 e. The minimum absolute atomic E-state index is 0.0619. The van der Waals surface area contributed by atoms with E-state index in [1.54, 1.807) is 28.0 Å². The lowest BCUT2D eigenvalue weighted by atomic mass is 10.2. The molecular weight excluding hydrogens is 336 g/mol. The van der Waals surface area contributed by atoms with Crippen LogP contribution in [0.1, 0.15) is 24.2 Å². The number of nitrogens with zero attached hydrogens (tertiary/aromatic N) is 9. The van der Waals surface area contributed by atoms with E-state index in [-0.39, 0.29) is 11.9 Å². The summed E-state index contributed by atoms with van der Waals surface area (Å²) in [7, 11) is 1.82. The number of tetrazole rings is 1. The van der Waals surface area contributed by atoms with Crippen molar-refractivity contribution in [2.45, 2.75) is 32.6 Å². The van der Waals surface area contributed by atoms with Crippen molar-refractivity contribution < 1.29 is 4.79 Å². The van der Waals surface area contributed by atoms with Crippen LogP contribution in [0.2, 0.25) is 0 Å². The van der Waals surface area contributed by atoms with E-state index in [1.807, 2.05) is 24.9 Å². The van der Waals surface area contributed by atoms with Gasteiger partial charge in [0, 0.05) is 38.1 Å². The molecule has 11 heteroatoms. The van der Waals surface area contributed by atoms with E-state index in [9.17, 15) is 4.79 Å². The third-order valence-electron chi connectivity index (χ3n) is 4.64. The number of amides is 1. The summed E-state index contributed by atoms with van der Waals surface area (Å²) < 4.78 is 5.40. The number of imidazole rings is 1. The highest BCUT2D eigenvalue weighted by molar-refractivity contribution is 5.79. The van der Waals surface area contributed by atoms with Crippen LogP contribution in [0.5, 0.6) is 0 Å². The van der Waals surface area contributed by atoms with Crippen LogP contribution >= 0.6 is 0 Å². The maximum absolute atomic E-state index is 12.4. The highest BCUT2D eigenvalue weighted by Crippen LogP contribution is 2.20. The molecule has 26 heavy (non-hydrogen) atoms. The topological polar surface area (TPSA) is 112 Å². The zero-order valence-electron chi connectivity index (χ0n) is 14.6. The first-order valence-electron chi connectivity index (χ1n) is 8.39. The van der Waals surface area contributed by atoms with Gasteiger partial charge >= 0.3 is 0 Å². The van der Waals surface area contributed by atoms with Gasteiger partial charge in [-0.3, -0.25) is 9.48 Å². The average molecular weight is 356 g/mol. The number of aryl methyl sites for hydroxylation is 1. The molecule has 136 valence electrons. The van der Waals surface area contributed by atoms with Crippen molar-refractivity contribution >= 4 is 11.9 Å². The van der Waals surface area contributed by atoms with Gasteiger partial charge in [-0.05, 0) is 17.4 Å². The van der Waals surface area contributed by atoms with Gasteiger partial charge in [0.05, 0.1) is 31.3 Å². The molecule has 0 bridgehead atoms. The van der Waals surface area contributed by atoms with Crippen molar-refractivity contribution in [2.24, 2.45) is 7.05 Å². The van der Waals surface area contributed by atoms with Crippen molar-refractivity contribution in [3.8, 4) is 0 Å². The van der Waals surface area contributed by atoms with Gasteiger partial charge in [-0.1, -0.05) is 5.10 Å². The van der Waals surface area contributed by atoms with Crippen LogP contribution in [0.4, 0.5) is 5.95 Å². The predicted molar refractivity (Wildman–Crippen MR) is 90.9 cm³/mol. The minimum Gasteiger partial charge on any atom is -0.350 e. The zero-order valence-corrected chi connectivity index (χ0v) is 14.6. The van der Waals surface area contributed by atoms with Gasteiger partial charge in [0.1, 0.15) is 6.04 Å². The van der Waals surface area contributed by atoms with Crippen LogP contribution < -0.4 is 10.2 Å². The molecular formula is C15H20N10O. The Balaban J connectivity index is 1.44. The molecule has 1 aliphatic rings. The normalized spacial score (nSPS) is 14.9. The molecule has 0 saturated carbocycles. The Hall–Kier alpha value is -3.24. The van der Waals surface area contributed by atoms with Crippen LogP contribution in [-0.2, 0) is 31.5 Å². The molecule has 1 N–H and O–H groups in total. The van der Waals surface area contributed by atoms with Crippen LogP contribution in [-0.4, -0.2) is 52.0 Å². The molecule has 3 aromatic heterocycles. The summed E-state index contributed by atoms with van der Waals surface area (Å²) in [6.07, 6.45) is 6.89. The van der Waals surface area contributed by atoms with Gasteiger partial charge in [0.15, 0.2) is 0 Å². The van der Waals surface area contributed by atoms with E-state index < -0.39 is 0 Å². The molecule has 1 atom stereocenters. The molecule has 0 spiro atoms. The van der Waals surface area contributed by atoms with Gasteiger partial charge in [0.25, 0.3) is 0 Å². The number of rotatable bonds is 5. The van der Waals surface area contributed by atoms with Crippen molar-refractivity contribution in [3.05, 3.63) is 36.2 Å². The van der Waals surface area contributed by atoms with Crippen molar-refractivity contribution in [1.29, 1.82) is 0 Å². The molecule has 1 unspecified atom stereocenters. The monoisotopic (exact) mass is 356 g/mol. The van der Waals surface area contributed by atoms with Gasteiger partial charge < -0.3 is 14.8 Å². The number of hydrogen-bond donors (Lipinski definition) is 1. The van der Waals surface area contributed by atoms with Gasteiger partial charge in [-0.2, -0.15) is 5.10 Å². The molecule has 1 aliphatic heterocycles. The van der Waals surface area contributed by atoms with Crippen LogP contribution in [0.3, 0.4) is 0 Å². The molecule has 4 heterocycles. The highest BCUT2D eigenvalue weighted by atomic mass is 16.2. The Morgan fingerprint density at radius 3 is 3.00 bits per heavy atom. The molecule has 0 aliphatic carbocycles. The maximum atomic E-state index is 12.4. The second kappa shape index (κ2) is 6.58. The summed E-state index contributed by atoms with van der Waals surface area (Å²) in [5.41, 5.74) is 2.06. The van der Waals surface area contributed by atoms with Gasteiger partial charge in [0.2, 0.25) is 11.9 Å². The first-order chi connectivity index (χ1) is 12.6. The summed E-state index contributed by atoms with van der Waals surface area (Å²) in [4.78, 5) is 18.5. The van der Waals surface area contributed by atoms with Gasteiger partial charge in [-0.25, -0.2) is 9.67 Å². The quantitative estimate of drug-likeness (QED) is 0.656. The van der Waals surface area contributed by atoms with Gasteiger partial charge in [-0.15, -0.1) is 0 Å². The summed E-state index contributed by atoms with van der Waals surface area (Å²) in [5.74, 6) is 0.661. The van der Waals surface area contributed by atoms with E-state index >= 15 is 0 Å². The number of anilines is 1. The molecule has 4 rings (SSSR count). The van der Waals surface area contributed by atoms with Crippen LogP contribution in [0.15, 0.2) is 24.9 Å². The molecule has 1 amide bonds. The predicted octanol–water partition coefficient (Wildman–Crippen LogP) is -0.499. The lowest BCUT2D eigenvalue weighted by molar-refractivity contribution is -0.124. The number of carbonyl (C=O) groups is 1. The van der Waals surface area contributed by atoms with Crippen molar-refractivity contribution in [3.63, 3.8) is 0 Å². The Morgan fingerprint density at radius 2 is 2.27 bits per heavy atom. The lowest BCUT2D eigenvalue weighted by Gasteiger charge is -2.28. The summed E-state index contributed by atoms with van der Waals surface area (Å²) >= 11 is 0. The summed E-state index contributed by atoms with van der Waals surface area (Å²) in [6.45, 7) is 4.45. The van der Waals surface area contributed by atoms with E-state index in [2.05, 4.69) is 35.8 Å². The lowest BCUT2D eigenvalue weighted by Crippen LogP contribution is -2.36. The fourth-order valence-corrected chi connectivity index (χ4v) is 3.08. The fourth-order valence-electron chi connectivity index (χ4n) is 3.08. The number of fused-ring (bicyclic) bond motifs is 1. The number of aromatic nitrogens is 8. The molecule has 0 aromatic carbocycles. The Kier molecular flexibility index (Phi) is 4.11. The summed E-state index contributed by atoms with van der Waals surface area (Å²) in [5, 5.41) is 19.1. The third kappa shape index (κ3) is 2.91. The number of carbonyl (C=O) groups excluding carboxylic acids is 1. The Bertz CT molecular complexity index is 896. The maximum Gasteiger partial charge on any atom is 0.245 e. The van der Waals surface area contributed by atoms with E-state index in [1.165, 1.54) is 0 Å². The van der Waals surface area contributed by atoms with Crippen LogP contribution in [0, 0.1) is 0 Å². The second-order valence-corrected chi connectivity index (χ2v) is 6.27. The zero-order chi connectivity index (χ0) is 18.1. The smallest absolute Gasteiger partial charge is 0.245 e. The Labute approximate surface area is 149 Å². The third-order valence-corrected chi connectivity index (χ3v) is 4.64. The molecule has 11 nitrogen and oxygen atoms in total. The first-order valence-corrected chi connectivity index (χ1v) is 8.39. The van der Waals surface area contributed by atoms with E-state index in [0.717, 1.165) is 30.3 Å². The second-order valence-electron chi connectivity index (χ2n) is 6.27. The number of nitrogens with one attached hydrogen (secondary N) is 1. The standard InChI is InChI=1S/C15H20N10O/c1-11(24-4-3-16-10-24)14(26)17-7-12-8-18-25-6-5-23(9-13(12)25)15-19-20-21-22(15)2/h3-4,8,10-11H,5-7,9H2,1-2H3,(H,17,26). The van der Waals surface area contributed by atoms with Crippen molar-refractivity contribution in [1.82, 2.24) is 44.9 Å².